The number of nitrogens with zero attached hydrogens (tertiary/aromatic N) is 1. The van der Waals surface area contributed by atoms with Gasteiger partial charge in [0.25, 0.3) is 0 Å². The van der Waals surface area contributed by atoms with Gasteiger partial charge in [-0.15, -0.1) is 0 Å². The monoisotopic (exact) mass is 221 g/mol. The average molecular weight is 221 g/mol. The zero-order chi connectivity index (χ0) is 10.6. The van der Waals surface area contributed by atoms with Crippen LogP contribution in [0.25, 0.3) is 0 Å². The Balaban J connectivity index is 2.45. The van der Waals surface area contributed by atoms with Crippen molar-refractivity contribution in [1.29, 1.82) is 0 Å². The van der Waals surface area contributed by atoms with Crippen LogP contribution in [0.15, 0.2) is 0 Å². The maximum absolute atomic E-state index is 11.6. The van der Waals surface area contributed by atoms with Gasteiger partial charge >= 0.3 is 5.97 Å². The zero-order valence-electron chi connectivity index (χ0n) is 8.23. The lowest BCUT2D eigenvalue weighted by Gasteiger charge is -2.14. The molecule has 5 nitrogen and oxygen atoms in total. The topological polar surface area (TPSA) is 63.7 Å². The summed E-state index contributed by atoms with van der Waals surface area (Å²) in [7, 11) is -1.98. The Morgan fingerprint density at radius 3 is 2.43 bits per heavy atom. The van der Waals surface area contributed by atoms with Gasteiger partial charge in [0.1, 0.15) is 0 Å². The van der Waals surface area contributed by atoms with E-state index < -0.39 is 16.0 Å². The predicted molar refractivity (Wildman–Crippen MR) is 51.2 cm³/mol. The molecule has 0 aromatic heterocycles. The molecule has 0 bridgehead atoms. The summed E-state index contributed by atoms with van der Waals surface area (Å²) in [6.45, 7) is 1.17. The summed E-state index contributed by atoms with van der Waals surface area (Å²) in [5, 5.41) is 0. The van der Waals surface area contributed by atoms with E-state index in [0.717, 1.165) is 12.8 Å². The number of ether oxygens (including phenoxy) is 1. The van der Waals surface area contributed by atoms with E-state index in [4.69, 9.17) is 0 Å². The third kappa shape index (κ3) is 2.95. The van der Waals surface area contributed by atoms with Crippen molar-refractivity contribution >= 4 is 16.0 Å². The minimum Gasteiger partial charge on any atom is -0.469 e. The summed E-state index contributed by atoms with van der Waals surface area (Å²) in [5.74, 6) is -0.618. The Bertz CT molecular complexity index is 292. The van der Waals surface area contributed by atoms with Crippen molar-refractivity contribution in [3.63, 3.8) is 0 Å². The van der Waals surface area contributed by atoms with Gasteiger partial charge in [0.15, 0.2) is 0 Å². The number of rotatable bonds is 4. The van der Waals surface area contributed by atoms with Crippen LogP contribution in [-0.4, -0.2) is 44.6 Å². The van der Waals surface area contributed by atoms with Crippen LogP contribution in [0.1, 0.15) is 19.3 Å². The van der Waals surface area contributed by atoms with Crippen LogP contribution in [0.2, 0.25) is 0 Å². The molecule has 1 aliphatic rings. The number of sulfonamides is 1. The summed E-state index contributed by atoms with van der Waals surface area (Å²) in [6.07, 6.45) is 1.77. The second-order valence-electron chi connectivity index (χ2n) is 3.25. The number of hydrogen-bond acceptors (Lipinski definition) is 4. The molecular formula is C8H15NO4S. The van der Waals surface area contributed by atoms with E-state index in [1.165, 1.54) is 11.4 Å². The molecule has 1 fully saturated rings. The lowest BCUT2D eigenvalue weighted by atomic mass is 10.4. The molecule has 1 aliphatic heterocycles. The van der Waals surface area contributed by atoms with Crippen LogP contribution in [0, 0.1) is 0 Å². The highest BCUT2D eigenvalue weighted by molar-refractivity contribution is 7.89. The Labute approximate surface area is 84.1 Å². The molecular weight excluding hydrogens is 206 g/mol. The molecule has 0 aromatic rings. The normalized spacial score (nSPS) is 18.4. The molecule has 0 atom stereocenters. The van der Waals surface area contributed by atoms with Crippen molar-refractivity contribution in [2.75, 3.05) is 26.0 Å². The van der Waals surface area contributed by atoms with Crippen LogP contribution in [0.5, 0.6) is 0 Å². The molecule has 0 amide bonds. The fraction of sp³-hybridized carbons (Fsp3) is 0.875. The van der Waals surface area contributed by atoms with Crippen LogP contribution >= 0.6 is 0 Å². The molecule has 0 spiro atoms. The summed E-state index contributed by atoms with van der Waals surface area (Å²) < 4.78 is 29.0. The largest absolute Gasteiger partial charge is 0.469 e. The first-order chi connectivity index (χ1) is 6.56. The molecule has 14 heavy (non-hydrogen) atoms. The standard InChI is InChI=1S/C8H15NO4S/c1-13-8(10)4-7-14(11,12)9-5-2-3-6-9/h2-7H2,1H3. The second kappa shape index (κ2) is 4.75. The predicted octanol–water partition coefficient (Wildman–Crippen LogP) is -0.0249. The van der Waals surface area contributed by atoms with Gasteiger partial charge in [-0.1, -0.05) is 0 Å². The van der Waals surface area contributed by atoms with Gasteiger partial charge in [0.05, 0.1) is 19.3 Å². The molecule has 0 aromatic carbocycles. The highest BCUT2D eigenvalue weighted by Gasteiger charge is 2.25. The minimum atomic E-state index is -3.23. The summed E-state index contributed by atoms with van der Waals surface area (Å²) in [5.41, 5.74) is 0. The number of hydrogen-bond donors (Lipinski definition) is 0. The van der Waals surface area contributed by atoms with Crippen LogP contribution in [-0.2, 0) is 19.6 Å². The number of methoxy groups -OCH3 is 1. The lowest BCUT2D eigenvalue weighted by molar-refractivity contribution is -0.140. The average Bonchev–Trinajstić information content (AvgIpc) is 2.67. The van der Waals surface area contributed by atoms with Gasteiger partial charge in [0.2, 0.25) is 10.0 Å². The van der Waals surface area contributed by atoms with E-state index >= 15 is 0 Å². The summed E-state index contributed by atoms with van der Waals surface area (Å²) in [4.78, 5) is 10.8. The van der Waals surface area contributed by atoms with E-state index in [0.29, 0.717) is 13.1 Å². The first-order valence-corrected chi connectivity index (χ1v) is 6.22. The second-order valence-corrected chi connectivity index (χ2v) is 5.34. The van der Waals surface area contributed by atoms with Gasteiger partial charge in [0, 0.05) is 13.1 Å². The first kappa shape index (κ1) is 11.5. The molecule has 0 aliphatic carbocycles. The molecule has 1 heterocycles. The minimum absolute atomic E-state index is 0.0602. The lowest BCUT2D eigenvalue weighted by Crippen LogP contribution is -2.31. The third-order valence-electron chi connectivity index (χ3n) is 2.25. The summed E-state index contributed by atoms with van der Waals surface area (Å²) in [6, 6.07) is 0. The summed E-state index contributed by atoms with van der Waals surface area (Å²) >= 11 is 0. The zero-order valence-corrected chi connectivity index (χ0v) is 9.05. The fourth-order valence-corrected chi connectivity index (χ4v) is 2.91. The first-order valence-electron chi connectivity index (χ1n) is 4.61. The molecule has 0 unspecified atom stereocenters. The third-order valence-corrected chi connectivity index (χ3v) is 4.12. The van der Waals surface area contributed by atoms with E-state index in [1.807, 2.05) is 0 Å². The highest BCUT2D eigenvalue weighted by atomic mass is 32.2. The number of carbonyl (C=O) groups is 1. The molecule has 1 saturated heterocycles. The van der Waals surface area contributed by atoms with Crippen molar-refractivity contribution in [1.82, 2.24) is 4.31 Å². The quantitative estimate of drug-likeness (QED) is 0.626. The maximum Gasteiger partial charge on any atom is 0.306 e. The van der Waals surface area contributed by atoms with Crippen LogP contribution in [0.4, 0.5) is 0 Å². The number of esters is 1. The van der Waals surface area contributed by atoms with Crippen molar-refractivity contribution in [2.24, 2.45) is 0 Å². The highest BCUT2D eigenvalue weighted by Crippen LogP contribution is 2.13. The van der Waals surface area contributed by atoms with E-state index in [-0.39, 0.29) is 12.2 Å². The van der Waals surface area contributed by atoms with Crippen LogP contribution < -0.4 is 0 Å². The van der Waals surface area contributed by atoms with Gasteiger partial charge < -0.3 is 4.74 Å². The molecule has 6 heteroatoms. The molecule has 82 valence electrons. The van der Waals surface area contributed by atoms with E-state index in [1.54, 1.807) is 0 Å². The number of carbonyl (C=O) groups excluding carboxylic acids is 1. The van der Waals surface area contributed by atoms with Gasteiger partial charge in [-0.25, -0.2) is 12.7 Å². The van der Waals surface area contributed by atoms with Crippen molar-refractivity contribution in [2.45, 2.75) is 19.3 Å². The maximum atomic E-state index is 11.6. The smallest absolute Gasteiger partial charge is 0.306 e. The van der Waals surface area contributed by atoms with Crippen molar-refractivity contribution in [3.8, 4) is 0 Å². The van der Waals surface area contributed by atoms with Crippen LogP contribution in [0.3, 0.4) is 0 Å². The van der Waals surface area contributed by atoms with E-state index in [2.05, 4.69) is 4.74 Å². The van der Waals surface area contributed by atoms with E-state index in [9.17, 15) is 13.2 Å². The van der Waals surface area contributed by atoms with Gasteiger partial charge in [-0.2, -0.15) is 0 Å². The van der Waals surface area contributed by atoms with Gasteiger partial charge in [-0.3, -0.25) is 4.79 Å². The fourth-order valence-electron chi connectivity index (χ4n) is 1.41. The Morgan fingerprint density at radius 1 is 1.36 bits per heavy atom. The molecule has 0 N–H and O–H groups in total. The SMILES string of the molecule is COC(=O)CCS(=O)(=O)N1CCCC1. The van der Waals surface area contributed by atoms with Crippen molar-refractivity contribution < 1.29 is 17.9 Å². The van der Waals surface area contributed by atoms with Crippen molar-refractivity contribution in [3.05, 3.63) is 0 Å². The Morgan fingerprint density at radius 2 is 1.93 bits per heavy atom. The molecule has 1 rings (SSSR count). The molecule has 0 radical (unpaired) electrons. The Kier molecular flexibility index (Phi) is 3.88. The Hall–Kier alpha value is -0.620. The molecule has 0 saturated carbocycles. The van der Waals surface area contributed by atoms with Gasteiger partial charge in [-0.05, 0) is 12.8 Å².